The molecule has 0 saturated heterocycles. The van der Waals surface area contributed by atoms with E-state index < -0.39 is 53.5 Å². The van der Waals surface area contributed by atoms with Gasteiger partial charge in [-0.2, -0.15) is 65.9 Å². The van der Waals surface area contributed by atoms with Crippen molar-refractivity contribution >= 4 is 0 Å². The Balaban J connectivity index is 0.000000226. The van der Waals surface area contributed by atoms with Gasteiger partial charge in [-0.25, -0.2) is 0 Å². The number of alkyl halides is 15. The molecule has 0 aliphatic rings. The van der Waals surface area contributed by atoms with Gasteiger partial charge in [0, 0.05) is 0 Å². The van der Waals surface area contributed by atoms with Gasteiger partial charge in [-0.15, -0.1) is 0 Å². The second-order valence-corrected chi connectivity index (χ2v) is 15.2. The number of halogens is 15. The maximum atomic E-state index is 14.1. The van der Waals surface area contributed by atoms with Gasteiger partial charge in [0.05, 0.1) is 33.4 Å². The molecule has 0 aliphatic heterocycles. The highest BCUT2D eigenvalue weighted by Crippen LogP contribution is 2.38. The lowest BCUT2D eigenvalue weighted by Gasteiger charge is -2.19. The molecular weight excluding hydrogens is 946 g/mol. The second-order valence-electron chi connectivity index (χ2n) is 15.2. The number of benzene rings is 6. The van der Waals surface area contributed by atoms with E-state index in [1.807, 2.05) is 20.8 Å². The number of rotatable bonds is 15. The maximum absolute atomic E-state index is 14.1. The SMILES string of the molecule is CCCCc1ccc(C(F)(F)Oc2ccc(C(F)(F)F)cc2)cc1.CCCc1ccc(C(F)(F)Oc2ccc(C(F)(F)F)cc2)cc1.CCc1ccc(C(F)(F)Oc2ccc(C(F)(F)F)cc2)cc1. The van der Waals surface area contributed by atoms with Gasteiger partial charge < -0.3 is 14.2 Å². The van der Waals surface area contributed by atoms with Gasteiger partial charge in [-0.1, -0.05) is 70.0 Å². The first-order valence-corrected chi connectivity index (χ1v) is 21.2. The molecule has 0 N–H and O–H groups in total. The smallest absolute Gasteiger partial charge is 0.426 e. The zero-order valence-corrected chi connectivity index (χ0v) is 37.0. The van der Waals surface area contributed by atoms with Crippen LogP contribution in [0.5, 0.6) is 17.2 Å². The third kappa shape index (κ3) is 17.0. The molecule has 0 aliphatic carbocycles. The molecule has 0 radical (unpaired) electrons. The first-order chi connectivity index (χ1) is 32.2. The Kier molecular flexibility index (Phi) is 18.7. The van der Waals surface area contributed by atoms with E-state index in [1.54, 1.807) is 36.4 Å². The quantitative estimate of drug-likeness (QED) is 0.0960. The van der Waals surface area contributed by atoms with Gasteiger partial charge in [0.25, 0.3) is 0 Å². The van der Waals surface area contributed by atoms with Crippen LogP contribution in [-0.2, 0) is 56.1 Å². The van der Waals surface area contributed by atoms with Crippen molar-refractivity contribution in [3.8, 4) is 17.2 Å². The van der Waals surface area contributed by atoms with Crippen LogP contribution in [0.2, 0.25) is 0 Å². The van der Waals surface area contributed by atoms with Gasteiger partial charge in [0.1, 0.15) is 17.2 Å². The van der Waals surface area contributed by atoms with Gasteiger partial charge in [0.2, 0.25) is 0 Å². The number of unbranched alkanes of at least 4 members (excludes halogenated alkanes) is 1. The summed E-state index contributed by atoms with van der Waals surface area (Å²) in [6, 6.07) is 26.5. The highest BCUT2D eigenvalue weighted by Gasteiger charge is 2.38. The van der Waals surface area contributed by atoms with E-state index in [1.165, 1.54) is 36.4 Å². The van der Waals surface area contributed by atoms with E-state index in [2.05, 4.69) is 14.2 Å². The van der Waals surface area contributed by atoms with Gasteiger partial charge in [-0.05, 0) is 152 Å². The fourth-order valence-corrected chi connectivity index (χ4v) is 6.09. The summed E-state index contributed by atoms with van der Waals surface area (Å²) < 4.78 is 210. The Morgan fingerprint density at radius 1 is 0.290 bits per heavy atom. The summed E-state index contributed by atoms with van der Waals surface area (Å²) >= 11 is 0. The highest BCUT2D eigenvalue weighted by atomic mass is 19.4. The Labute approximate surface area is 388 Å². The summed E-state index contributed by atoms with van der Waals surface area (Å²) in [6.45, 7) is 5.92. The molecule has 372 valence electrons. The molecule has 3 nitrogen and oxygen atoms in total. The Morgan fingerprint density at radius 2 is 0.536 bits per heavy atom. The summed E-state index contributed by atoms with van der Waals surface area (Å²) in [4.78, 5) is 0. The van der Waals surface area contributed by atoms with Crippen LogP contribution in [0.15, 0.2) is 146 Å². The van der Waals surface area contributed by atoms with Crippen LogP contribution < -0.4 is 14.2 Å². The Hall–Kier alpha value is -6.33. The maximum Gasteiger partial charge on any atom is 0.426 e. The molecular formula is C51H45F15O3. The molecule has 0 heterocycles. The molecule has 0 spiro atoms. The summed E-state index contributed by atoms with van der Waals surface area (Å²) in [5, 5.41) is 0. The molecule has 0 fully saturated rings. The van der Waals surface area contributed by atoms with Crippen molar-refractivity contribution in [2.24, 2.45) is 0 Å². The number of hydrogen-bond acceptors (Lipinski definition) is 3. The Morgan fingerprint density at radius 3 is 0.768 bits per heavy atom. The normalized spacial score (nSPS) is 12.3. The van der Waals surface area contributed by atoms with Crippen molar-refractivity contribution < 1.29 is 80.1 Å². The predicted octanol–water partition coefficient (Wildman–Crippen LogP) is 17.4. The fourth-order valence-electron chi connectivity index (χ4n) is 6.09. The number of ether oxygens (including phenoxy) is 3. The van der Waals surface area contributed by atoms with E-state index >= 15 is 0 Å². The molecule has 0 unspecified atom stereocenters. The average molecular weight is 991 g/mol. The van der Waals surface area contributed by atoms with E-state index in [4.69, 9.17) is 0 Å². The topological polar surface area (TPSA) is 27.7 Å². The van der Waals surface area contributed by atoms with Crippen LogP contribution in [0.3, 0.4) is 0 Å². The molecule has 0 atom stereocenters. The van der Waals surface area contributed by atoms with E-state index in [9.17, 15) is 65.9 Å². The van der Waals surface area contributed by atoms with Crippen molar-refractivity contribution in [3.05, 3.63) is 196 Å². The lowest BCUT2D eigenvalue weighted by atomic mass is 10.1. The standard InChI is InChI=1S/C18H17F5O.C17H15F5O.C16H13F5O/c1-2-3-4-13-5-7-15(8-6-13)18(22,23)24-16-11-9-14(10-12-16)17(19,20)21;1-2-3-12-4-6-14(7-5-12)17(21,22)23-15-10-8-13(9-11-15)16(18,19)20;1-2-11-3-5-13(6-4-11)16(20,21)22-14-9-7-12(8-10-14)15(17,18)19/h5-12H,2-4H2,1H3;4-11H,2-3H2,1H3;3-10H,2H2,1H3. The third-order valence-electron chi connectivity index (χ3n) is 9.92. The number of aryl methyl sites for hydroxylation is 3. The summed E-state index contributed by atoms with van der Waals surface area (Å²) in [7, 11) is 0. The minimum Gasteiger partial charge on any atom is -0.429 e. The summed E-state index contributed by atoms with van der Waals surface area (Å²) in [6.07, 6.45) is -19.2. The molecule has 6 aromatic carbocycles. The van der Waals surface area contributed by atoms with E-state index in [0.29, 0.717) is 42.8 Å². The predicted molar refractivity (Wildman–Crippen MR) is 229 cm³/mol. The molecule has 0 saturated carbocycles. The monoisotopic (exact) mass is 990 g/mol. The molecule has 0 bridgehead atoms. The fraction of sp³-hybridized carbons (Fsp3) is 0.294. The van der Waals surface area contributed by atoms with Crippen LogP contribution in [0.1, 0.15) is 90.1 Å². The van der Waals surface area contributed by atoms with Crippen molar-refractivity contribution in [1.29, 1.82) is 0 Å². The molecule has 18 heteroatoms. The van der Waals surface area contributed by atoms with Gasteiger partial charge in [0.15, 0.2) is 0 Å². The second kappa shape index (κ2) is 23.3. The zero-order valence-electron chi connectivity index (χ0n) is 37.0. The van der Waals surface area contributed by atoms with Crippen LogP contribution in [-0.4, -0.2) is 0 Å². The molecule has 69 heavy (non-hydrogen) atoms. The van der Waals surface area contributed by atoms with Crippen LogP contribution >= 0.6 is 0 Å². The first kappa shape index (κ1) is 55.3. The van der Waals surface area contributed by atoms with Crippen LogP contribution in [0.25, 0.3) is 0 Å². The zero-order chi connectivity index (χ0) is 51.3. The molecule has 0 aromatic heterocycles. The van der Waals surface area contributed by atoms with Crippen LogP contribution in [0.4, 0.5) is 65.9 Å². The average Bonchev–Trinajstić information content (AvgIpc) is 3.28. The molecule has 6 aromatic rings. The highest BCUT2D eigenvalue weighted by molar-refractivity contribution is 5.34. The number of hydrogen-bond donors (Lipinski definition) is 0. The van der Waals surface area contributed by atoms with E-state index in [-0.39, 0.29) is 33.9 Å². The first-order valence-electron chi connectivity index (χ1n) is 21.2. The summed E-state index contributed by atoms with van der Waals surface area (Å²) in [5.74, 6) is -0.999. The van der Waals surface area contributed by atoms with Crippen molar-refractivity contribution in [2.45, 2.75) is 96.2 Å². The van der Waals surface area contributed by atoms with Crippen molar-refractivity contribution in [2.75, 3.05) is 0 Å². The van der Waals surface area contributed by atoms with Crippen LogP contribution in [0, 0.1) is 0 Å². The summed E-state index contributed by atoms with van der Waals surface area (Å²) in [5.41, 5.74) is -1.03. The van der Waals surface area contributed by atoms with E-state index in [0.717, 1.165) is 85.2 Å². The molecule has 0 amide bonds. The van der Waals surface area contributed by atoms with Crippen molar-refractivity contribution in [3.63, 3.8) is 0 Å². The van der Waals surface area contributed by atoms with Gasteiger partial charge >= 0.3 is 36.9 Å². The lowest BCUT2D eigenvalue weighted by Crippen LogP contribution is -2.22. The Bertz CT molecular complexity index is 2440. The minimum atomic E-state index is -4.52. The molecule has 6 rings (SSSR count). The minimum absolute atomic E-state index is 0.331. The largest absolute Gasteiger partial charge is 0.429 e. The van der Waals surface area contributed by atoms with Crippen molar-refractivity contribution in [1.82, 2.24) is 0 Å². The third-order valence-corrected chi connectivity index (χ3v) is 9.92. The lowest BCUT2D eigenvalue weighted by molar-refractivity contribution is -0.186. The van der Waals surface area contributed by atoms with Gasteiger partial charge in [-0.3, -0.25) is 0 Å².